The molecule has 0 aromatic carbocycles. The Hall–Kier alpha value is -0.170. The Morgan fingerprint density at radius 3 is 2.68 bits per heavy atom. The first kappa shape index (κ1) is 16.9. The van der Waals surface area contributed by atoms with Crippen LogP contribution in [-0.4, -0.2) is 67.9 Å². The van der Waals surface area contributed by atoms with Gasteiger partial charge in [-0.1, -0.05) is 6.92 Å². The van der Waals surface area contributed by atoms with Crippen LogP contribution in [0.3, 0.4) is 0 Å². The number of hydrogen-bond donors (Lipinski definition) is 1. The van der Waals surface area contributed by atoms with Crippen LogP contribution in [0, 0.1) is 0 Å². The molecule has 6 heteroatoms. The SMILES string of the molecule is CCS(=O)(=O)CCCC(O)C1CN(C(C)C)CCO1. The maximum Gasteiger partial charge on any atom is 0.150 e. The van der Waals surface area contributed by atoms with Gasteiger partial charge in [-0.25, -0.2) is 8.42 Å². The van der Waals surface area contributed by atoms with E-state index in [1.165, 1.54) is 0 Å². The molecule has 1 N–H and O–H groups in total. The third kappa shape index (κ3) is 5.77. The fourth-order valence-electron chi connectivity index (χ4n) is 2.24. The van der Waals surface area contributed by atoms with E-state index in [0.29, 0.717) is 25.5 Å². The van der Waals surface area contributed by atoms with Crippen molar-refractivity contribution in [2.45, 2.75) is 51.9 Å². The molecule has 1 saturated heterocycles. The van der Waals surface area contributed by atoms with Crippen LogP contribution < -0.4 is 0 Å². The van der Waals surface area contributed by atoms with E-state index in [1.807, 2.05) is 0 Å². The average molecular weight is 293 g/mol. The Morgan fingerprint density at radius 1 is 1.42 bits per heavy atom. The van der Waals surface area contributed by atoms with Crippen molar-refractivity contribution in [3.05, 3.63) is 0 Å². The van der Waals surface area contributed by atoms with E-state index in [1.54, 1.807) is 6.92 Å². The van der Waals surface area contributed by atoms with Crippen molar-refractivity contribution in [1.82, 2.24) is 4.90 Å². The first-order valence-corrected chi connectivity index (χ1v) is 8.92. The minimum absolute atomic E-state index is 0.154. The summed E-state index contributed by atoms with van der Waals surface area (Å²) >= 11 is 0. The van der Waals surface area contributed by atoms with Crippen LogP contribution in [0.15, 0.2) is 0 Å². The second-order valence-electron chi connectivity index (χ2n) is 5.44. The zero-order valence-corrected chi connectivity index (χ0v) is 13.0. The Balaban J connectivity index is 2.35. The fourth-order valence-corrected chi connectivity index (χ4v) is 3.14. The molecule has 1 heterocycles. The van der Waals surface area contributed by atoms with Crippen LogP contribution >= 0.6 is 0 Å². The number of nitrogens with zero attached hydrogens (tertiary/aromatic N) is 1. The molecule has 5 nitrogen and oxygen atoms in total. The van der Waals surface area contributed by atoms with E-state index < -0.39 is 15.9 Å². The standard InChI is InChI=1S/C13H27NO4S/c1-4-19(16,17)9-5-6-12(15)13-10-14(11(2)3)7-8-18-13/h11-13,15H,4-10H2,1-3H3. The largest absolute Gasteiger partial charge is 0.390 e. The molecule has 0 amide bonds. The predicted molar refractivity (Wildman–Crippen MR) is 76.0 cm³/mol. The van der Waals surface area contributed by atoms with Crippen LogP contribution in [0.2, 0.25) is 0 Å². The lowest BCUT2D eigenvalue weighted by Crippen LogP contribution is -2.50. The van der Waals surface area contributed by atoms with Crippen LogP contribution in [0.25, 0.3) is 0 Å². The summed E-state index contributed by atoms with van der Waals surface area (Å²) < 4.78 is 28.3. The molecule has 1 aliphatic rings. The molecule has 0 aromatic rings. The van der Waals surface area contributed by atoms with Gasteiger partial charge in [0.05, 0.1) is 24.6 Å². The van der Waals surface area contributed by atoms with Crippen LogP contribution in [0.4, 0.5) is 0 Å². The minimum Gasteiger partial charge on any atom is -0.390 e. The topological polar surface area (TPSA) is 66.8 Å². The number of aliphatic hydroxyl groups is 1. The first-order valence-electron chi connectivity index (χ1n) is 7.10. The van der Waals surface area contributed by atoms with Crippen LogP contribution in [0.1, 0.15) is 33.6 Å². The van der Waals surface area contributed by atoms with Crippen molar-refractivity contribution >= 4 is 9.84 Å². The van der Waals surface area contributed by atoms with Crippen molar-refractivity contribution in [3.63, 3.8) is 0 Å². The second-order valence-corrected chi connectivity index (χ2v) is 7.92. The normalized spacial score (nSPS) is 23.7. The summed E-state index contributed by atoms with van der Waals surface area (Å²) in [6, 6.07) is 0.444. The summed E-state index contributed by atoms with van der Waals surface area (Å²) in [6.07, 6.45) is 0.211. The number of ether oxygens (including phenoxy) is 1. The monoisotopic (exact) mass is 293 g/mol. The lowest BCUT2D eigenvalue weighted by atomic mass is 10.1. The summed E-state index contributed by atoms with van der Waals surface area (Å²) in [5, 5.41) is 10.1. The van der Waals surface area contributed by atoms with Crippen molar-refractivity contribution < 1.29 is 18.3 Å². The molecule has 0 aliphatic carbocycles. The Labute approximate surface area is 116 Å². The molecule has 114 valence electrons. The van der Waals surface area contributed by atoms with E-state index in [-0.39, 0.29) is 17.6 Å². The lowest BCUT2D eigenvalue weighted by molar-refractivity contribution is -0.0964. The third-order valence-electron chi connectivity index (χ3n) is 3.68. The summed E-state index contributed by atoms with van der Waals surface area (Å²) in [5.41, 5.74) is 0. The summed E-state index contributed by atoms with van der Waals surface area (Å²) in [7, 11) is -2.93. The maximum atomic E-state index is 11.4. The molecule has 1 aliphatic heterocycles. The van der Waals surface area contributed by atoms with E-state index in [4.69, 9.17) is 4.74 Å². The highest BCUT2D eigenvalue weighted by molar-refractivity contribution is 7.91. The number of rotatable bonds is 7. The van der Waals surface area contributed by atoms with Crippen molar-refractivity contribution in [2.24, 2.45) is 0 Å². The molecule has 0 radical (unpaired) electrons. The Kier molecular flexibility index (Phi) is 6.73. The zero-order chi connectivity index (χ0) is 14.5. The molecule has 19 heavy (non-hydrogen) atoms. The lowest BCUT2D eigenvalue weighted by Gasteiger charge is -2.37. The van der Waals surface area contributed by atoms with Gasteiger partial charge in [-0.2, -0.15) is 0 Å². The highest BCUT2D eigenvalue weighted by atomic mass is 32.2. The smallest absolute Gasteiger partial charge is 0.150 e. The minimum atomic E-state index is -2.93. The van der Waals surface area contributed by atoms with Crippen molar-refractivity contribution in [3.8, 4) is 0 Å². The maximum absolute atomic E-state index is 11.4. The number of morpholine rings is 1. The van der Waals surface area contributed by atoms with E-state index in [2.05, 4.69) is 18.7 Å². The number of aliphatic hydroxyl groups excluding tert-OH is 1. The van der Waals surface area contributed by atoms with Gasteiger partial charge in [0.2, 0.25) is 0 Å². The molecule has 2 atom stereocenters. The van der Waals surface area contributed by atoms with Crippen LogP contribution in [-0.2, 0) is 14.6 Å². The second kappa shape index (κ2) is 7.57. The van der Waals surface area contributed by atoms with Gasteiger partial charge in [0.25, 0.3) is 0 Å². The quantitative estimate of drug-likeness (QED) is 0.747. The van der Waals surface area contributed by atoms with Gasteiger partial charge in [-0.05, 0) is 26.7 Å². The molecule has 0 bridgehead atoms. The van der Waals surface area contributed by atoms with Gasteiger partial charge >= 0.3 is 0 Å². The molecule has 0 spiro atoms. The van der Waals surface area contributed by atoms with E-state index >= 15 is 0 Å². The number of sulfone groups is 1. The fraction of sp³-hybridized carbons (Fsp3) is 1.00. The van der Waals surface area contributed by atoms with Crippen molar-refractivity contribution in [1.29, 1.82) is 0 Å². The molecule has 0 saturated carbocycles. The van der Waals surface area contributed by atoms with Gasteiger partial charge in [-0.15, -0.1) is 0 Å². The molecule has 1 fully saturated rings. The summed E-state index contributed by atoms with van der Waals surface area (Å²) in [6.45, 7) is 8.15. The van der Waals surface area contributed by atoms with Gasteiger partial charge in [-0.3, -0.25) is 4.90 Å². The summed E-state index contributed by atoms with van der Waals surface area (Å²) in [4.78, 5) is 2.28. The first-order chi connectivity index (χ1) is 8.85. The van der Waals surface area contributed by atoms with E-state index in [9.17, 15) is 13.5 Å². The highest BCUT2D eigenvalue weighted by Gasteiger charge is 2.27. The average Bonchev–Trinajstić information content (AvgIpc) is 2.38. The van der Waals surface area contributed by atoms with Gasteiger partial charge in [0, 0.05) is 24.9 Å². The van der Waals surface area contributed by atoms with Gasteiger partial charge < -0.3 is 9.84 Å². The molecule has 2 unspecified atom stereocenters. The third-order valence-corrected chi connectivity index (χ3v) is 5.47. The van der Waals surface area contributed by atoms with Gasteiger partial charge in [0.15, 0.2) is 0 Å². The van der Waals surface area contributed by atoms with Crippen LogP contribution in [0.5, 0.6) is 0 Å². The molecule has 1 rings (SSSR count). The summed E-state index contributed by atoms with van der Waals surface area (Å²) in [5.74, 6) is 0.325. The molecular weight excluding hydrogens is 266 g/mol. The van der Waals surface area contributed by atoms with E-state index in [0.717, 1.165) is 13.1 Å². The Morgan fingerprint density at radius 2 is 2.11 bits per heavy atom. The molecule has 0 aromatic heterocycles. The Bertz CT molecular complexity index is 356. The number of hydrogen-bond acceptors (Lipinski definition) is 5. The predicted octanol–water partition coefficient (Wildman–Crippen LogP) is 0.671. The van der Waals surface area contributed by atoms with Gasteiger partial charge in [0.1, 0.15) is 9.84 Å². The van der Waals surface area contributed by atoms with Crippen molar-refractivity contribution in [2.75, 3.05) is 31.2 Å². The zero-order valence-electron chi connectivity index (χ0n) is 12.2. The highest BCUT2D eigenvalue weighted by Crippen LogP contribution is 2.15. The molecular formula is C13H27NO4S.